The summed E-state index contributed by atoms with van der Waals surface area (Å²) in [5.41, 5.74) is 2.03. The Morgan fingerprint density at radius 2 is 1.82 bits per heavy atom. The van der Waals surface area contributed by atoms with Crippen LogP contribution in [0.1, 0.15) is 40.5 Å². The molecule has 1 heteroatoms. The van der Waals surface area contributed by atoms with Gasteiger partial charge in [-0.05, 0) is 32.3 Å². The molecule has 0 aromatic rings. The number of halogens is 1. The first-order valence-corrected chi connectivity index (χ1v) is 4.18. The molecule has 0 saturated heterocycles. The maximum Gasteiger partial charge on any atom is 0.122 e. The van der Waals surface area contributed by atoms with Crippen LogP contribution in [0.5, 0.6) is 0 Å². The minimum atomic E-state index is -0.0631. The molecule has 0 aliphatic heterocycles. The summed E-state index contributed by atoms with van der Waals surface area (Å²) in [6.45, 7) is 7.75. The van der Waals surface area contributed by atoms with Gasteiger partial charge in [-0.25, -0.2) is 4.39 Å². The third-order valence-corrected chi connectivity index (χ3v) is 1.94. The molecule has 0 saturated carbocycles. The third kappa shape index (κ3) is 2.87. The van der Waals surface area contributed by atoms with Gasteiger partial charge in [-0.1, -0.05) is 25.5 Å². The van der Waals surface area contributed by atoms with Gasteiger partial charge in [-0.2, -0.15) is 0 Å². The molecule has 0 nitrogen and oxygen atoms in total. The van der Waals surface area contributed by atoms with Crippen LogP contribution in [0.3, 0.4) is 0 Å². The molecule has 0 N–H and O–H groups in total. The van der Waals surface area contributed by atoms with E-state index in [0.29, 0.717) is 0 Å². The summed E-state index contributed by atoms with van der Waals surface area (Å²) < 4.78 is 13.0. The second kappa shape index (κ2) is 5.11. The Bertz CT molecular complexity index is 175. The van der Waals surface area contributed by atoms with Crippen LogP contribution in [-0.4, -0.2) is 0 Å². The second-order valence-electron chi connectivity index (χ2n) is 2.60. The van der Waals surface area contributed by atoms with Gasteiger partial charge in [0.2, 0.25) is 0 Å². The van der Waals surface area contributed by atoms with Crippen LogP contribution in [0.25, 0.3) is 0 Å². The molecule has 0 fully saturated rings. The zero-order valence-corrected chi connectivity index (χ0v) is 7.87. The largest absolute Gasteiger partial charge is 0.207 e. The number of hydrogen-bond acceptors (Lipinski definition) is 0. The Labute approximate surface area is 68.8 Å². The molecule has 11 heavy (non-hydrogen) atoms. The Hall–Kier alpha value is -0.590. The number of allylic oxidation sites excluding steroid dienone is 4. The van der Waals surface area contributed by atoms with Crippen LogP contribution in [-0.2, 0) is 0 Å². The van der Waals surface area contributed by atoms with Crippen molar-refractivity contribution >= 4 is 0 Å². The van der Waals surface area contributed by atoms with E-state index in [1.165, 1.54) is 6.08 Å². The van der Waals surface area contributed by atoms with Crippen molar-refractivity contribution in [3.8, 4) is 0 Å². The SMILES string of the molecule is C/C=C(F)\C(CC)=C(\C)CC. The predicted molar refractivity (Wildman–Crippen MR) is 48.1 cm³/mol. The van der Waals surface area contributed by atoms with Gasteiger partial charge in [-0.15, -0.1) is 0 Å². The Morgan fingerprint density at radius 3 is 2.09 bits per heavy atom. The van der Waals surface area contributed by atoms with Crippen molar-refractivity contribution in [1.29, 1.82) is 0 Å². The molecule has 0 heterocycles. The van der Waals surface area contributed by atoms with E-state index in [-0.39, 0.29) is 5.83 Å². The standard InChI is InChI=1S/C10H17F/c1-5-8(4)9(6-2)10(11)7-3/h7H,5-6H2,1-4H3/b9-8-,10-7+. The average Bonchev–Trinajstić information content (AvgIpc) is 2.05. The van der Waals surface area contributed by atoms with E-state index in [2.05, 4.69) is 0 Å². The van der Waals surface area contributed by atoms with Crippen LogP contribution < -0.4 is 0 Å². The van der Waals surface area contributed by atoms with Crippen molar-refractivity contribution in [2.24, 2.45) is 0 Å². The van der Waals surface area contributed by atoms with Crippen LogP contribution >= 0.6 is 0 Å². The molecule has 0 rings (SSSR count). The Balaban J connectivity index is 4.65. The van der Waals surface area contributed by atoms with Gasteiger partial charge in [0.25, 0.3) is 0 Å². The molecule has 0 aromatic carbocycles. The highest BCUT2D eigenvalue weighted by molar-refractivity contribution is 5.29. The highest BCUT2D eigenvalue weighted by Gasteiger charge is 2.03. The average molecular weight is 156 g/mol. The lowest BCUT2D eigenvalue weighted by Crippen LogP contribution is -1.87. The normalized spacial score (nSPS) is 14.8. The quantitative estimate of drug-likeness (QED) is 0.542. The van der Waals surface area contributed by atoms with Gasteiger partial charge in [0.15, 0.2) is 0 Å². The summed E-state index contributed by atoms with van der Waals surface area (Å²) in [6, 6.07) is 0. The van der Waals surface area contributed by atoms with Crippen molar-refractivity contribution < 1.29 is 4.39 Å². The van der Waals surface area contributed by atoms with Crippen molar-refractivity contribution in [2.75, 3.05) is 0 Å². The lowest BCUT2D eigenvalue weighted by Gasteiger charge is -2.05. The molecule has 0 bridgehead atoms. The summed E-state index contributed by atoms with van der Waals surface area (Å²) in [6.07, 6.45) is 3.25. The molecule has 0 unspecified atom stereocenters. The molecular weight excluding hydrogens is 139 g/mol. The second-order valence-corrected chi connectivity index (χ2v) is 2.60. The van der Waals surface area contributed by atoms with Crippen molar-refractivity contribution in [3.05, 3.63) is 23.0 Å². The highest BCUT2D eigenvalue weighted by atomic mass is 19.1. The zero-order chi connectivity index (χ0) is 8.85. The maximum atomic E-state index is 13.0. The fraction of sp³-hybridized carbons (Fsp3) is 0.600. The van der Waals surface area contributed by atoms with Gasteiger partial charge in [0.05, 0.1) is 0 Å². The first kappa shape index (κ1) is 10.4. The van der Waals surface area contributed by atoms with Gasteiger partial charge < -0.3 is 0 Å². The monoisotopic (exact) mass is 156 g/mol. The van der Waals surface area contributed by atoms with E-state index in [4.69, 9.17) is 0 Å². The van der Waals surface area contributed by atoms with Gasteiger partial charge in [0.1, 0.15) is 5.83 Å². The molecular formula is C10H17F. The first-order chi connectivity index (χ1) is 5.17. The van der Waals surface area contributed by atoms with E-state index in [0.717, 1.165) is 24.0 Å². The Morgan fingerprint density at radius 1 is 1.27 bits per heavy atom. The fourth-order valence-electron chi connectivity index (χ4n) is 1.06. The predicted octanol–water partition coefficient (Wildman–Crippen LogP) is 4.00. The summed E-state index contributed by atoms with van der Waals surface area (Å²) in [5.74, 6) is -0.0631. The minimum Gasteiger partial charge on any atom is -0.207 e. The van der Waals surface area contributed by atoms with E-state index >= 15 is 0 Å². The topological polar surface area (TPSA) is 0 Å². The van der Waals surface area contributed by atoms with Crippen molar-refractivity contribution in [3.63, 3.8) is 0 Å². The highest BCUT2D eigenvalue weighted by Crippen LogP contribution is 2.20. The summed E-state index contributed by atoms with van der Waals surface area (Å²) in [5, 5.41) is 0. The Kier molecular flexibility index (Phi) is 4.84. The van der Waals surface area contributed by atoms with Gasteiger partial charge in [0, 0.05) is 0 Å². The molecule has 0 aliphatic rings. The van der Waals surface area contributed by atoms with Crippen molar-refractivity contribution in [2.45, 2.75) is 40.5 Å². The van der Waals surface area contributed by atoms with Gasteiger partial charge >= 0.3 is 0 Å². The van der Waals surface area contributed by atoms with Crippen LogP contribution in [0, 0.1) is 0 Å². The van der Waals surface area contributed by atoms with E-state index in [1.807, 2.05) is 20.8 Å². The van der Waals surface area contributed by atoms with E-state index in [9.17, 15) is 4.39 Å². The summed E-state index contributed by atoms with van der Waals surface area (Å²) >= 11 is 0. The summed E-state index contributed by atoms with van der Waals surface area (Å²) in [7, 11) is 0. The first-order valence-electron chi connectivity index (χ1n) is 4.18. The van der Waals surface area contributed by atoms with E-state index < -0.39 is 0 Å². The van der Waals surface area contributed by atoms with Crippen LogP contribution in [0.4, 0.5) is 4.39 Å². The third-order valence-electron chi connectivity index (χ3n) is 1.94. The molecule has 0 radical (unpaired) electrons. The molecule has 0 aromatic heterocycles. The number of hydrogen-bond donors (Lipinski definition) is 0. The minimum absolute atomic E-state index is 0.0631. The lowest BCUT2D eigenvalue weighted by atomic mass is 10.0. The smallest absolute Gasteiger partial charge is 0.122 e. The number of rotatable bonds is 3. The molecule has 64 valence electrons. The van der Waals surface area contributed by atoms with Gasteiger partial charge in [-0.3, -0.25) is 0 Å². The maximum absolute atomic E-state index is 13.0. The van der Waals surface area contributed by atoms with E-state index in [1.54, 1.807) is 6.92 Å². The molecule has 0 atom stereocenters. The zero-order valence-electron chi connectivity index (χ0n) is 7.87. The van der Waals surface area contributed by atoms with Crippen LogP contribution in [0.15, 0.2) is 23.0 Å². The fourth-order valence-corrected chi connectivity index (χ4v) is 1.06. The molecule has 0 aliphatic carbocycles. The molecule has 0 amide bonds. The molecule has 0 spiro atoms. The van der Waals surface area contributed by atoms with Crippen molar-refractivity contribution in [1.82, 2.24) is 0 Å². The summed E-state index contributed by atoms with van der Waals surface area (Å²) in [4.78, 5) is 0. The lowest BCUT2D eigenvalue weighted by molar-refractivity contribution is 0.635. The van der Waals surface area contributed by atoms with Crippen LogP contribution in [0.2, 0.25) is 0 Å².